The molecule has 0 spiro atoms. The Balaban J connectivity index is 1.26. The smallest absolute Gasteiger partial charge is 0.344 e. The molecule has 2 aromatic carbocycles. The molecule has 6 nitrogen and oxygen atoms in total. The van der Waals surface area contributed by atoms with Crippen LogP contribution in [0.3, 0.4) is 0 Å². The standard InChI is InChI=1S/C24H25NO5/c1-16(17-7-3-2-4-8-17)25-23(26)14-29-24(27)15-28-18-11-12-22-20(13-18)19-9-5-6-10-21(19)30-22/h2-4,7-8,11-13,16H,5-6,9-10,14-15H2,1H3,(H,25,26). The van der Waals surface area contributed by atoms with E-state index in [9.17, 15) is 9.59 Å². The van der Waals surface area contributed by atoms with Crippen LogP contribution in [0.5, 0.6) is 5.75 Å². The third kappa shape index (κ3) is 4.64. The van der Waals surface area contributed by atoms with E-state index in [1.807, 2.05) is 49.4 Å². The molecule has 3 aromatic rings. The van der Waals surface area contributed by atoms with E-state index in [0.717, 1.165) is 48.0 Å². The fraction of sp³-hybridized carbons (Fsp3) is 0.333. The predicted molar refractivity (Wildman–Crippen MR) is 112 cm³/mol. The molecule has 4 rings (SSSR count). The molecule has 1 unspecified atom stereocenters. The Morgan fingerprint density at radius 3 is 2.70 bits per heavy atom. The second-order valence-corrected chi connectivity index (χ2v) is 7.52. The SMILES string of the molecule is CC(NC(=O)COC(=O)COc1ccc2oc3c(c2c1)CCCC3)c1ccccc1. The summed E-state index contributed by atoms with van der Waals surface area (Å²) in [4.78, 5) is 24.0. The first-order valence-corrected chi connectivity index (χ1v) is 10.3. The van der Waals surface area contributed by atoms with Gasteiger partial charge in [-0.2, -0.15) is 0 Å². The summed E-state index contributed by atoms with van der Waals surface area (Å²) in [5.41, 5.74) is 3.08. The molecular formula is C24H25NO5. The van der Waals surface area contributed by atoms with Crippen molar-refractivity contribution in [2.75, 3.05) is 13.2 Å². The largest absolute Gasteiger partial charge is 0.482 e. The van der Waals surface area contributed by atoms with E-state index in [-0.39, 0.29) is 25.2 Å². The maximum absolute atomic E-state index is 12.0. The van der Waals surface area contributed by atoms with Crippen LogP contribution in [0, 0.1) is 0 Å². The van der Waals surface area contributed by atoms with Gasteiger partial charge < -0.3 is 19.2 Å². The molecule has 1 amide bonds. The third-order valence-electron chi connectivity index (χ3n) is 5.32. The van der Waals surface area contributed by atoms with Crippen LogP contribution in [-0.2, 0) is 27.2 Å². The number of aryl methyl sites for hydroxylation is 2. The van der Waals surface area contributed by atoms with Crippen LogP contribution in [0.4, 0.5) is 0 Å². The lowest BCUT2D eigenvalue weighted by Crippen LogP contribution is -2.31. The van der Waals surface area contributed by atoms with Gasteiger partial charge in [0.1, 0.15) is 17.1 Å². The van der Waals surface area contributed by atoms with Crippen LogP contribution < -0.4 is 10.1 Å². The summed E-state index contributed by atoms with van der Waals surface area (Å²) in [5, 5.41) is 3.85. The molecule has 1 atom stereocenters. The van der Waals surface area contributed by atoms with Gasteiger partial charge in [0.05, 0.1) is 6.04 Å². The highest BCUT2D eigenvalue weighted by Crippen LogP contribution is 2.33. The maximum Gasteiger partial charge on any atom is 0.344 e. The molecule has 0 bridgehead atoms. The van der Waals surface area contributed by atoms with Crippen molar-refractivity contribution in [1.82, 2.24) is 5.32 Å². The van der Waals surface area contributed by atoms with E-state index in [1.54, 1.807) is 6.07 Å². The third-order valence-corrected chi connectivity index (χ3v) is 5.32. The summed E-state index contributed by atoms with van der Waals surface area (Å²) in [5.74, 6) is 0.692. The van der Waals surface area contributed by atoms with Gasteiger partial charge in [-0.05, 0) is 49.9 Å². The van der Waals surface area contributed by atoms with Gasteiger partial charge >= 0.3 is 5.97 Å². The lowest BCUT2D eigenvalue weighted by molar-refractivity contribution is -0.150. The first-order valence-electron chi connectivity index (χ1n) is 10.3. The monoisotopic (exact) mass is 407 g/mol. The number of hydrogen-bond acceptors (Lipinski definition) is 5. The minimum Gasteiger partial charge on any atom is -0.482 e. The average Bonchev–Trinajstić information content (AvgIpc) is 3.15. The second-order valence-electron chi connectivity index (χ2n) is 7.52. The van der Waals surface area contributed by atoms with Gasteiger partial charge in [-0.15, -0.1) is 0 Å². The number of rotatable bonds is 7. The normalized spacial score (nSPS) is 14.0. The molecule has 156 valence electrons. The molecule has 1 aliphatic carbocycles. The van der Waals surface area contributed by atoms with E-state index in [2.05, 4.69) is 5.32 Å². The minimum atomic E-state index is -0.591. The Morgan fingerprint density at radius 1 is 1.07 bits per heavy atom. The van der Waals surface area contributed by atoms with Gasteiger partial charge in [-0.3, -0.25) is 4.79 Å². The molecule has 0 saturated heterocycles. The first kappa shape index (κ1) is 20.0. The molecule has 1 N–H and O–H groups in total. The van der Waals surface area contributed by atoms with E-state index in [0.29, 0.717) is 5.75 Å². The topological polar surface area (TPSA) is 77.8 Å². The zero-order chi connectivity index (χ0) is 20.9. The zero-order valence-corrected chi connectivity index (χ0v) is 17.0. The van der Waals surface area contributed by atoms with Crippen LogP contribution >= 0.6 is 0 Å². The van der Waals surface area contributed by atoms with Crippen molar-refractivity contribution in [3.63, 3.8) is 0 Å². The fourth-order valence-electron chi connectivity index (χ4n) is 3.77. The van der Waals surface area contributed by atoms with E-state index >= 15 is 0 Å². The Labute approximate surface area is 175 Å². The molecule has 1 heterocycles. The van der Waals surface area contributed by atoms with E-state index in [4.69, 9.17) is 13.9 Å². The van der Waals surface area contributed by atoms with Crippen molar-refractivity contribution in [3.05, 3.63) is 65.4 Å². The summed E-state index contributed by atoms with van der Waals surface area (Å²) < 4.78 is 16.5. The highest BCUT2D eigenvalue weighted by Gasteiger charge is 2.18. The van der Waals surface area contributed by atoms with Gasteiger partial charge in [-0.1, -0.05) is 30.3 Å². The fourth-order valence-corrected chi connectivity index (χ4v) is 3.77. The second kappa shape index (κ2) is 9.03. The maximum atomic E-state index is 12.0. The molecule has 6 heteroatoms. The number of fused-ring (bicyclic) bond motifs is 3. The summed E-state index contributed by atoms with van der Waals surface area (Å²) >= 11 is 0. The van der Waals surface area contributed by atoms with Crippen LogP contribution in [0.1, 0.15) is 42.7 Å². The lowest BCUT2D eigenvalue weighted by Gasteiger charge is -2.14. The van der Waals surface area contributed by atoms with Gasteiger partial charge in [-0.25, -0.2) is 4.79 Å². The summed E-state index contributed by atoms with van der Waals surface area (Å²) in [6, 6.07) is 15.0. The molecule has 1 aliphatic rings. The van der Waals surface area contributed by atoms with Crippen molar-refractivity contribution in [2.45, 2.75) is 38.6 Å². The molecule has 0 fully saturated rings. The van der Waals surface area contributed by atoms with Crippen molar-refractivity contribution in [2.24, 2.45) is 0 Å². The minimum absolute atomic E-state index is 0.165. The number of ether oxygens (including phenoxy) is 2. The van der Waals surface area contributed by atoms with Crippen LogP contribution in [0.25, 0.3) is 11.0 Å². The number of furan rings is 1. The van der Waals surface area contributed by atoms with E-state index < -0.39 is 5.97 Å². The van der Waals surface area contributed by atoms with Crippen molar-refractivity contribution >= 4 is 22.8 Å². The number of amides is 1. The number of hydrogen-bond donors (Lipinski definition) is 1. The summed E-state index contributed by atoms with van der Waals surface area (Å²) in [7, 11) is 0. The molecule has 0 aliphatic heterocycles. The van der Waals surface area contributed by atoms with E-state index in [1.165, 1.54) is 5.56 Å². The Morgan fingerprint density at radius 2 is 1.87 bits per heavy atom. The Hall–Kier alpha value is -3.28. The Kier molecular flexibility index (Phi) is 6.02. The predicted octanol–water partition coefficient (Wildman–Crippen LogP) is 4.11. The van der Waals surface area contributed by atoms with Crippen molar-refractivity contribution in [3.8, 4) is 5.75 Å². The summed E-state index contributed by atoms with van der Waals surface area (Å²) in [6.45, 7) is 1.28. The lowest BCUT2D eigenvalue weighted by atomic mass is 9.96. The van der Waals surface area contributed by atoms with Crippen LogP contribution in [0.15, 0.2) is 52.9 Å². The number of benzene rings is 2. The summed E-state index contributed by atoms with van der Waals surface area (Å²) in [6.07, 6.45) is 4.28. The molecule has 0 radical (unpaired) electrons. The molecular weight excluding hydrogens is 382 g/mol. The highest BCUT2D eigenvalue weighted by molar-refractivity contribution is 5.84. The van der Waals surface area contributed by atoms with Gasteiger partial charge in [0.2, 0.25) is 0 Å². The van der Waals surface area contributed by atoms with Crippen molar-refractivity contribution < 1.29 is 23.5 Å². The van der Waals surface area contributed by atoms with Crippen molar-refractivity contribution in [1.29, 1.82) is 0 Å². The average molecular weight is 407 g/mol. The first-order chi connectivity index (χ1) is 14.6. The number of carbonyl (C=O) groups is 2. The molecule has 1 aromatic heterocycles. The molecule has 30 heavy (non-hydrogen) atoms. The van der Waals surface area contributed by atoms with Gasteiger partial charge in [0, 0.05) is 17.4 Å². The molecule has 0 saturated carbocycles. The van der Waals surface area contributed by atoms with Gasteiger partial charge in [0.25, 0.3) is 5.91 Å². The van der Waals surface area contributed by atoms with Gasteiger partial charge in [0.15, 0.2) is 13.2 Å². The van der Waals surface area contributed by atoms with Crippen LogP contribution in [-0.4, -0.2) is 25.1 Å². The highest BCUT2D eigenvalue weighted by atomic mass is 16.6. The zero-order valence-electron chi connectivity index (χ0n) is 17.0. The van der Waals surface area contributed by atoms with Crippen LogP contribution in [0.2, 0.25) is 0 Å². The Bertz CT molecular complexity index is 1040. The number of esters is 1. The number of carbonyl (C=O) groups excluding carboxylic acids is 2. The quantitative estimate of drug-likeness (QED) is 0.597. The number of nitrogens with one attached hydrogen (secondary N) is 1.